The average molecular weight is 1680 g/mol. The molecule has 6 nitrogen and oxygen atoms in total. The van der Waals surface area contributed by atoms with E-state index in [-0.39, 0.29) is 0 Å². The van der Waals surface area contributed by atoms with Crippen LogP contribution in [0.3, 0.4) is 0 Å². The molecule has 0 aliphatic carbocycles. The van der Waals surface area contributed by atoms with E-state index in [1.807, 2.05) is 60.9 Å². The summed E-state index contributed by atoms with van der Waals surface area (Å²) in [5.41, 5.74) is 14.9. The Balaban J connectivity index is 0.000000140. The number of pyridine rings is 3. The van der Waals surface area contributed by atoms with Gasteiger partial charge in [-0.25, -0.2) is 15.0 Å². The Morgan fingerprint density at radius 2 is 0.504 bits per heavy atom. The summed E-state index contributed by atoms with van der Waals surface area (Å²) in [6.07, 6.45) is 5.54. The highest BCUT2D eigenvalue weighted by Gasteiger charge is 2.26. The van der Waals surface area contributed by atoms with Crippen molar-refractivity contribution in [3.05, 3.63) is 452 Å². The lowest BCUT2D eigenvalue weighted by atomic mass is 9.84. The van der Waals surface area contributed by atoms with Crippen molar-refractivity contribution in [2.75, 3.05) is 15.1 Å². The molecule has 570 valence electrons. The smallest absolute Gasteiger partial charge is 0.137 e. The number of halogens is 2. The molecular formula is C113H74Br2N6. The predicted octanol–water partition coefficient (Wildman–Crippen LogP) is 32.8. The molecule has 1 N–H and O–H groups in total. The molecular weight excluding hydrogens is 1600 g/mol. The third-order valence-corrected chi connectivity index (χ3v) is 24.3. The summed E-state index contributed by atoms with van der Waals surface area (Å²) >= 11 is 7.52. The molecule has 0 fully saturated rings. The number of anilines is 8. The van der Waals surface area contributed by atoms with Crippen LogP contribution in [0.15, 0.2) is 452 Å². The number of benzene rings is 20. The quantitative estimate of drug-likeness (QED) is 0.123. The van der Waals surface area contributed by atoms with E-state index in [2.05, 4.69) is 428 Å². The minimum atomic E-state index is 0.846. The number of nitrogens with one attached hydrogen (secondary N) is 1. The molecule has 0 aliphatic rings. The molecule has 0 spiro atoms. The van der Waals surface area contributed by atoms with Crippen molar-refractivity contribution < 1.29 is 0 Å². The van der Waals surface area contributed by atoms with E-state index < -0.39 is 0 Å². The number of hydrogen-bond donors (Lipinski definition) is 1. The Morgan fingerprint density at radius 1 is 0.198 bits per heavy atom. The number of hydrogen-bond acceptors (Lipinski definition) is 6. The first-order valence-corrected chi connectivity index (χ1v) is 42.3. The van der Waals surface area contributed by atoms with Crippen LogP contribution in [0.4, 0.5) is 45.9 Å². The number of nitrogens with zero attached hydrogens (tertiary/aromatic N) is 5. The summed E-state index contributed by atoms with van der Waals surface area (Å²) < 4.78 is 2.16. The van der Waals surface area contributed by atoms with Crippen LogP contribution in [-0.2, 0) is 0 Å². The maximum atomic E-state index is 4.99. The van der Waals surface area contributed by atoms with Crippen LogP contribution in [0.2, 0.25) is 0 Å². The Bertz CT molecular complexity index is 7510. The van der Waals surface area contributed by atoms with Gasteiger partial charge in [0.15, 0.2) is 0 Å². The third kappa shape index (κ3) is 14.2. The van der Waals surface area contributed by atoms with Crippen molar-refractivity contribution >= 4 is 196 Å². The molecule has 8 heteroatoms. The van der Waals surface area contributed by atoms with E-state index in [0.29, 0.717) is 0 Å². The van der Waals surface area contributed by atoms with Crippen LogP contribution in [0.25, 0.3) is 163 Å². The first kappa shape index (κ1) is 73.7. The fourth-order valence-electron chi connectivity index (χ4n) is 17.8. The van der Waals surface area contributed by atoms with Gasteiger partial charge >= 0.3 is 0 Å². The van der Waals surface area contributed by atoms with E-state index in [1.54, 1.807) is 6.20 Å². The van der Waals surface area contributed by atoms with Gasteiger partial charge in [0.2, 0.25) is 0 Å². The zero-order valence-electron chi connectivity index (χ0n) is 65.6. The average Bonchev–Trinajstić information content (AvgIpc) is 0.722. The Morgan fingerprint density at radius 3 is 0.876 bits per heavy atom. The predicted molar refractivity (Wildman–Crippen MR) is 522 cm³/mol. The standard InChI is InChI=1S/C64H42N4.C34H20Br2.C15H12N2/c1-3-19-47-39-49(31-29-43(47)15-1)63-55-35-33-52(68(62-28-10-12-38-66-62)60-26-14-22-46-18-6-8-24-54(46)60)42-58(55)64(50-32-30-44-16-2-4-20-48(44)40-50)56-36-34-51(41-57(56)63)67(61-27-9-11-37-65-61)59-25-13-21-45-17-5-7-23-53(45)59;35-27-14-16-30-31(19-27)33(25-11-9-21-5-1-3-7-23(21)17-25)29-15-13-28(36)20-32(29)34(30)26-12-10-22-6-2-4-8-24(22)18-26;1-2-8-13-12(6-1)7-5-9-14(13)17-15-10-3-4-11-16-15/h1-42H;1-20H;1-11H,(H,16,17). The number of fused-ring (bicyclic) bond motifs is 11. The zero-order valence-corrected chi connectivity index (χ0v) is 68.8. The van der Waals surface area contributed by atoms with Gasteiger partial charge in [-0.3, -0.25) is 9.80 Å². The van der Waals surface area contributed by atoms with Crippen molar-refractivity contribution in [3.8, 4) is 44.5 Å². The summed E-state index contributed by atoms with van der Waals surface area (Å²) in [4.78, 5) is 18.9. The molecule has 20 aromatic carbocycles. The Hall–Kier alpha value is -14.9. The van der Waals surface area contributed by atoms with Gasteiger partial charge < -0.3 is 5.32 Å². The van der Waals surface area contributed by atoms with E-state index in [1.165, 1.54) is 120 Å². The van der Waals surface area contributed by atoms with Crippen molar-refractivity contribution in [2.24, 2.45) is 0 Å². The van der Waals surface area contributed by atoms with E-state index >= 15 is 0 Å². The van der Waals surface area contributed by atoms with Crippen LogP contribution in [-0.4, -0.2) is 15.0 Å². The van der Waals surface area contributed by atoms with E-state index in [9.17, 15) is 0 Å². The maximum Gasteiger partial charge on any atom is 0.137 e. The molecule has 0 amide bonds. The molecule has 0 radical (unpaired) electrons. The van der Waals surface area contributed by atoms with Gasteiger partial charge in [-0.1, -0.05) is 329 Å². The molecule has 0 saturated carbocycles. The first-order valence-electron chi connectivity index (χ1n) is 40.7. The number of aromatic nitrogens is 3. The van der Waals surface area contributed by atoms with Gasteiger partial charge in [-0.15, -0.1) is 0 Å². The lowest BCUT2D eigenvalue weighted by Crippen LogP contribution is -2.12. The summed E-state index contributed by atoms with van der Waals surface area (Å²) in [6, 6.07) is 152. The van der Waals surface area contributed by atoms with Crippen LogP contribution < -0.4 is 15.1 Å². The largest absolute Gasteiger partial charge is 0.340 e. The molecule has 0 saturated heterocycles. The highest BCUT2D eigenvalue weighted by atomic mass is 79.9. The van der Waals surface area contributed by atoms with Crippen molar-refractivity contribution in [1.29, 1.82) is 0 Å². The zero-order chi connectivity index (χ0) is 80.7. The fourth-order valence-corrected chi connectivity index (χ4v) is 18.5. The van der Waals surface area contributed by atoms with Crippen LogP contribution in [0, 0.1) is 0 Å². The van der Waals surface area contributed by atoms with Gasteiger partial charge in [0.25, 0.3) is 0 Å². The normalized spacial score (nSPS) is 11.4. The van der Waals surface area contributed by atoms with Crippen molar-refractivity contribution in [2.45, 2.75) is 0 Å². The summed E-state index contributed by atoms with van der Waals surface area (Å²) in [7, 11) is 0. The molecule has 3 aromatic heterocycles. The summed E-state index contributed by atoms with van der Waals surface area (Å²) in [6.45, 7) is 0. The second-order valence-electron chi connectivity index (χ2n) is 30.5. The Labute approximate surface area is 717 Å². The second kappa shape index (κ2) is 32.2. The molecule has 0 atom stereocenters. The van der Waals surface area contributed by atoms with Gasteiger partial charge in [0.05, 0.1) is 11.4 Å². The Kier molecular flexibility index (Phi) is 19.6. The second-order valence-corrected chi connectivity index (χ2v) is 32.3. The maximum absolute atomic E-state index is 4.99. The highest BCUT2D eigenvalue weighted by Crippen LogP contribution is 2.52. The van der Waals surface area contributed by atoms with Crippen LogP contribution in [0.1, 0.15) is 0 Å². The molecule has 121 heavy (non-hydrogen) atoms. The van der Waals surface area contributed by atoms with Gasteiger partial charge in [-0.2, -0.15) is 0 Å². The van der Waals surface area contributed by atoms with Gasteiger partial charge in [0, 0.05) is 60.8 Å². The first-order chi connectivity index (χ1) is 59.8. The third-order valence-electron chi connectivity index (χ3n) is 23.3. The molecule has 23 rings (SSSR count). The van der Waals surface area contributed by atoms with Crippen LogP contribution in [0.5, 0.6) is 0 Å². The van der Waals surface area contributed by atoms with Crippen LogP contribution >= 0.6 is 31.9 Å². The molecule has 0 aliphatic heterocycles. The lowest BCUT2D eigenvalue weighted by molar-refractivity contribution is 1.19. The molecule has 23 aromatic rings. The van der Waals surface area contributed by atoms with Gasteiger partial charge in [0.1, 0.15) is 17.5 Å². The fraction of sp³-hybridized carbons (Fsp3) is 0. The lowest BCUT2D eigenvalue weighted by Gasteiger charge is -2.28. The molecule has 3 heterocycles. The minimum Gasteiger partial charge on any atom is -0.340 e. The van der Waals surface area contributed by atoms with Crippen molar-refractivity contribution in [1.82, 2.24) is 15.0 Å². The summed E-state index contributed by atoms with van der Waals surface area (Å²) in [5.74, 6) is 2.56. The van der Waals surface area contributed by atoms with E-state index in [0.717, 1.165) is 98.3 Å². The number of rotatable bonds is 12. The van der Waals surface area contributed by atoms with Crippen molar-refractivity contribution in [3.63, 3.8) is 0 Å². The minimum absolute atomic E-state index is 0.846. The van der Waals surface area contributed by atoms with E-state index in [4.69, 9.17) is 9.97 Å². The molecule has 0 unspecified atom stereocenters. The SMILES string of the molecule is Brc1ccc2c(-c3ccc4ccccc4c3)c3cc(Br)ccc3c(-c3ccc4ccccc4c3)c2c1.c1ccc(N(c2ccc3c(-c4ccc5ccccc5c4)c4cc(N(c5ccccn5)c5cccc6ccccc56)ccc4c(-c4ccc5ccccc5c4)c3c2)c2cccc3ccccc23)nc1.c1ccc(Nc2cccc3ccccc23)nc1. The monoisotopic (exact) mass is 1670 g/mol. The molecule has 0 bridgehead atoms. The summed E-state index contributed by atoms with van der Waals surface area (Å²) in [5, 5.41) is 29.9. The highest BCUT2D eigenvalue weighted by molar-refractivity contribution is 9.10. The van der Waals surface area contributed by atoms with Gasteiger partial charge in [-0.05, 0) is 274 Å². The topological polar surface area (TPSA) is 57.2 Å².